The first-order valence-electron chi connectivity index (χ1n) is 5.97. The van der Waals surface area contributed by atoms with Gasteiger partial charge in [0.2, 0.25) is 0 Å². The lowest BCUT2D eigenvalue weighted by Gasteiger charge is -2.20. The SMILES string of the molecule is COc1ccc(C=C2CCCC(N)C2)cc1F. The van der Waals surface area contributed by atoms with Gasteiger partial charge in [0.1, 0.15) is 0 Å². The molecule has 1 unspecified atom stereocenters. The van der Waals surface area contributed by atoms with E-state index in [1.165, 1.54) is 18.7 Å². The second-order valence-electron chi connectivity index (χ2n) is 4.55. The molecule has 0 bridgehead atoms. The fourth-order valence-corrected chi connectivity index (χ4v) is 2.27. The van der Waals surface area contributed by atoms with Crippen molar-refractivity contribution in [2.45, 2.75) is 31.7 Å². The Kier molecular flexibility index (Phi) is 3.79. The summed E-state index contributed by atoms with van der Waals surface area (Å²) in [6.45, 7) is 0. The van der Waals surface area contributed by atoms with Crippen molar-refractivity contribution in [3.63, 3.8) is 0 Å². The lowest BCUT2D eigenvalue weighted by atomic mass is 9.90. The van der Waals surface area contributed by atoms with Gasteiger partial charge in [0.25, 0.3) is 0 Å². The zero-order valence-electron chi connectivity index (χ0n) is 10.1. The Hall–Kier alpha value is -1.35. The molecule has 1 aromatic rings. The van der Waals surface area contributed by atoms with Crippen molar-refractivity contribution < 1.29 is 9.13 Å². The second kappa shape index (κ2) is 5.32. The van der Waals surface area contributed by atoms with Gasteiger partial charge in [0.05, 0.1) is 7.11 Å². The zero-order chi connectivity index (χ0) is 12.3. The lowest BCUT2D eigenvalue weighted by Crippen LogP contribution is -2.23. The lowest BCUT2D eigenvalue weighted by molar-refractivity contribution is 0.386. The summed E-state index contributed by atoms with van der Waals surface area (Å²) in [6, 6.07) is 5.30. The summed E-state index contributed by atoms with van der Waals surface area (Å²) in [6.07, 6.45) is 6.26. The van der Waals surface area contributed by atoms with E-state index in [2.05, 4.69) is 0 Å². The maximum absolute atomic E-state index is 13.5. The molecule has 92 valence electrons. The molecule has 0 saturated heterocycles. The number of methoxy groups -OCH3 is 1. The molecule has 0 aromatic heterocycles. The third-order valence-corrected chi connectivity index (χ3v) is 3.14. The van der Waals surface area contributed by atoms with Crippen LogP contribution in [0.2, 0.25) is 0 Å². The Morgan fingerprint density at radius 3 is 2.94 bits per heavy atom. The Morgan fingerprint density at radius 2 is 2.29 bits per heavy atom. The standard InChI is InChI=1S/C14H18FNO/c1-17-14-6-5-11(9-13(14)15)7-10-3-2-4-12(16)8-10/h5-7,9,12H,2-4,8,16H2,1H3. The predicted octanol–water partition coefficient (Wildman–Crippen LogP) is 3.12. The fourth-order valence-electron chi connectivity index (χ4n) is 2.27. The van der Waals surface area contributed by atoms with Crippen molar-refractivity contribution in [3.8, 4) is 5.75 Å². The number of ether oxygens (including phenoxy) is 1. The molecule has 2 rings (SSSR count). The summed E-state index contributed by atoms with van der Waals surface area (Å²) in [5, 5.41) is 0. The minimum atomic E-state index is -0.318. The first-order chi connectivity index (χ1) is 8.19. The highest BCUT2D eigenvalue weighted by Crippen LogP contribution is 2.26. The summed E-state index contributed by atoms with van der Waals surface area (Å²) < 4.78 is 18.4. The monoisotopic (exact) mass is 235 g/mol. The van der Waals surface area contributed by atoms with E-state index in [0.29, 0.717) is 0 Å². The van der Waals surface area contributed by atoms with Gasteiger partial charge in [-0.1, -0.05) is 17.7 Å². The molecule has 0 heterocycles. The van der Waals surface area contributed by atoms with E-state index in [1.807, 2.05) is 12.1 Å². The summed E-state index contributed by atoms with van der Waals surface area (Å²) in [7, 11) is 1.47. The van der Waals surface area contributed by atoms with Crippen LogP contribution < -0.4 is 10.5 Å². The molecule has 0 spiro atoms. The van der Waals surface area contributed by atoms with Crippen molar-refractivity contribution in [1.82, 2.24) is 0 Å². The molecule has 0 aliphatic heterocycles. The van der Waals surface area contributed by atoms with Crippen molar-refractivity contribution in [2.75, 3.05) is 7.11 Å². The van der Waals surface area contributed by atoms with E-state index < -0.39 is 0 Å². The predicted molar refractivity (Wildman–Crippen MR) is 67.4 cm³/mol. The number of rotatable bonds is 2. The zero-order valence-corrected chi connectivity index (χ0v) is 10.1. The van der Waals surface area contributed by atoms with E-state index in [4.69, 9.17) is 10.5 Å². The molecular weight excluding hydrogens is 217 g/mol. The number of benzene rings is 1. The van der Waals surface area contributed by atoms with Gasteiger partial charge in [-0.15, -0.1) is 0 Å². The summed E-state index contributed by atoms with van der Waals surface area (Å²) >= 11 is 0. The molecular formula is C14H18FNO. The molecule has 1 aromatic carbocycles. The Morgan fingerprint density at radius 1 is 1.47 bits per heavy atom. The van der Waals surface area contributed by atoms with Crippen molar-refractivity contribution in [3.05, 3.63) is 35.2 Å². The molecule has 3 heteroatoms. The number of hydrogen-bond donors (Lipinski definition) is 1. The number of halogens is 1. The average Bonchev–Trinajstić information content (AvgIpc) is 2.29. The first-order valence-corrected chi connectivity index (χ1v) is 5.97. The Labute approximate surface area is 101 Å². The maximum Gasteiger partial charge on any atom is 0.165 e. The third kappa shape index (κ3) is 3.07. The molecule has 0 radical (unpaired) electrons. The smallest absolute Gasteiger partial charge is 0.165 e. The Balaban J connectivity index is 2.17. The van der Waals surface area contributed by atoms with Crippen LogP contribution in [0.4, 0.5) is 4.39 Å². The van der Waals surface area contributed by atoms with Gasteiger partial charge in [-0.2, -0.15) is 0 Å². The molecule has 1 saturated carbocycles. The van der Waals surface area contributed by atoms with E-state index in [9.17, 15) is 4.39 Å². The van der Waals surface area contributed by atoms with E-state index in [0.717, 1.165) is 31.2 Å². The van der Waals surface area contributed by atoms with E-state index in [-0.39, 0.29) is 17.6 Å². The van der Waals surface area contributed by atoms with Gasteiger partial charge >= 0.3 is 0 Å². The summed E-state index contributed by atoms with van der Waals surface area (Å²) in [5.74, 6) is -0.0329. The number of nitrogens with two attached hydrogens (primary N) is 1. The molecule has 0 amide bonds. The van der Waals surface area contributed by atoms with Crippen LogP contribution in [0.25, 0.3) is 6.08 Å². The van der Waals surface area contributed by atoms with Crippen LogP contribution in [0, 0.1) is 5.82 Å². The van der Waals surface area contributed by atoms with Gasteiger partial charge in [-0.05, 0) is 43.4 Å². The van der Waals surface area contributed by atoms with Gasteiger partial charge < -0.3 is 10.5 Å². The van der Waals surface area contributed by atoms with Crippen molar-refractivity contribution in [2.24, 2.45) is 5.73 Å². The highest BCUT2D eigenvalue weighted by molar-refractivity contribution is 5.54. The highest BCUT2D eigenvalue weighted by atomic mass is 19.1. The minimum Gasteiger partial charge on any atom is -0.494 e. The van der Waals surface area contributed by atoms with E-state index in [1.54, 1.807) is 6.07 Å². The molecule has 2 nitrogen and oxygen atoms in total. The average molecular weight is 235 g/mol. The third-order valence-electron chi connectivity index (χ3n) is 3.14. The second-order valence-corrected chi connectivity index (χ2v) is 4.55. The maximum atomic E-state index is 13.5. The van der Waals surface area contributed by atoms with Gasteiger partial charge in [0.15, 0.2) is 11.6 Å². The quantitative estimate of drug-likeness (QED) is 0.854. The highest BCUT2D eigenvalue weighted by Gasteiger charge is 2.13. The molecule has 1 aliphatic rings. The topological polar surface area (TPSA) is 35.2 Å². The first kappa shape index (κ1) is 12.1. The number of hydrogen-bond acceptors (Lipinski definition) is 2. The summed E-state index contributed by atoms with van der Waals surface area (Å²) in [4.78, 5) is 0. The van der Waals surface area contributed by atoms with Crippen LogP contribution in [0.1, 0.15) is 31.2 Å². The van der Waals surface area contributed by atoms with Gasteiger partial charge in [0, 0.05) is 6.04 Å². The van der Waals surface area contributed by atoms with Crippen LogP contribution in [0.3, 0.4) is 0 Å². The Bertz CT molecular complexity index is 428. The largest absolute Gasteiger partial charge is 0.494 e. The van der Waals surface area contributed by atoms with Crippen LogP contribution in [0.15, 0.2) is 23.8 Å². The van der Waals surface area contributed by atoms with Crippen LogP contribution in [0.5, 0.6) is 5.75 Å². The van der Waals surface area contributed by atoms with Gasteiger partial charge in [-0.3, -0.25) is 0 Å². The van der Waals surface area contributed by atoms with Crippen molar-refractivity contribution >= 4 is 6.08 Å². The minimum absolute atomic E-state index is 0.262. The van der Waals surface area contributed by atoms with Crippen LogP contribution >= 0.6 is 0 Å². The van der Waals surface area contributed by atoms with E-state index >= 15 is 0 Å². The molecule has 17 heavy (non-hydrogen) atoms. The van der Waals surface area contributed by atoms with Crippen LogP contribution in [-0.4, -0.2) is 13.2 Å². The molecule has 1 fully saturated rings. The fraction of sp³-hybridized carbons (Fsp3) is 0.429. The van der Waals surface area contributed by atoms with Crippen molar-refractivity contribution in [1.29, 1.82) is 0 Å². The van der Waals surface area contributed by atoms with Crippen LogP contribution in [-0.2, 0) is 0 Å². The van der Waals surface area contributed by atoms with Gasteiger partial charge in [-0.25, -0.2) is 4.39 Å². The normalized spacial score (nSPS) is 22.8. The molecule has 1 aliphatic carbocycles. The summed E-state index contributed by atoms with van der Waals surface area (Å²) in [5.41, 5.74) is 8.11. The molecule has 2 N–H and O–H groups in total. The molecule has 1 atom stereocenters.